The average Bonchev–Trinajstić information content (AvgIpc) is 3.38. The molecule has 0 aliphatic carbocycles. The van der Waals surface area contributed by atoms with Gasteiger partial charge in [-0.1, -0.05) is 150 Å². The summed E-state index contributed by atoms with van der Waals surface area (Å²) in [4.78, 5) is 0. The molecule has 6 aromatic carbocycles. The second kappa shape index (κ2) is 15.0. The lowest BCUT2D eigenvalue weighted by atomic mass is 9.75. The summed E-state index contributed by atoms with van der Waals surface area (Å²) in [6.45, 7) is 36.7. The van der Waals surface area contributed by atoms with Crippen LogP contribution in [0.1, 0.15) is 180 Å². The molecule has 1 saturated heterocycles. The van der Waals surface area contributed by atoms with E-state index >= 15 is 0 Å². The lowest BCUT2D eigenvalue weighted by Crippen LogP contribution is -2.41. The second-order valence-electron chi connectivity index (χ2n) is 20.0. The van der Waals surface area contributed by atoms with Gasteiger partial charge >= 0.3 is 7.12 Å². The zero-order chi connectivity index (χ0) is 41.5. The summed E-state index contributed by atoms with van der Waals surface area (Å²) in [5.41, 5.74) is 14.2. The Kier molecular flexibility index (Phi) is 10.9. The molecule has 57 heavy (non-hydrogen) atoms. The molecule has 1 fully saturated rings. The predicted octanol–water partition coefficient (Wildman–Crippen LogP) is 15.5. The van der Waals surface area contributed by atoms with Crippen LogP contribution in [0.4, 0.5) is 0 Å². The molecule has 1 aliphatic rings. The first-order chi connectivity index (χ1) is 26.7. The molecule has 0 spiro atoms. The van der Waals surface area contributed by atoms with Crippen molar-refractivity contribution in [2.45, 2.75) is 157 Å². The van der Waals surface area contributed by atoms with Crippen molar-refractivity contribution < 1.29 is 9.31 Å². The lowest BCUT2D eigenvalue weighted by Gasteiger charge is -2.32. The summed E-state index contributed by atoms with van der Waals surface area (Å²) in [6, 6.07) is 31.2. The first-order valence-electron chi connectivity index (χ1n) is 21.9. The molecular weight excluding hydrogens is 691 g/mol. The van der Waals surface area contributed by atoms with Crippen LogP contribution in [-0.4, -0.2) is 18.3 Å². The quantitative estimate of drug-likeness (QED) is 0.108. The normalized spacial score (nSPS) is 15.7. The summed E-state index contributed by atoms with van der Waals surface area (Å²) in [5, 5.41) is 7.72. The minimum atomic E-state index is -0.450. The number of hydrogen-bond acceptors (Lipinski definition) is 2. The third-order valence-electron chi connectivity index (χ3n) is 13.3. The topological polar surface area (TPSA) is 18.5 Å². The summed E-state index contributed by atoms with van der Waals surface area (Å²) in [7, 11) is -0.450. The highest BCUT2D eigenvalue weighted by Gasteiger charge is 2.51. The lowest BCUT2D eigenvalue weighted by molar-refractivity contribution is 0.00578. The Morgan fingerprint density at radius 1 is 0.386 bits per heavy atom. The summed E-state index contributed by atoms with van der Waals surface area (Å²) in [5.74, 6) is 2.37. The van der Waals surface area contributed by atoms with Crippen LogP contribution in [0.25, 0.3) is 54.6 Å². The smallest absolute Gasteiger partial charge is 0.399 e. The summed E-state index contributed by atoms with van der Waals surface area (Å²) in [6.07, 6.45) is 0. The van der Waals surface area contributed by atoms with Gasteiger partial charge < -0.3 is 9.31 Å². The van der Waals surface area contributed by atoms with Gasteiger partial charge in [-0.05, 0) is 169 Å². The van der Waals surface area contributed by atoms with Crippen molar-refractivity contribution >= 4 is 44.9 Å². The van der Waals surface area contributed by atoms with Crippen molar-refractivity contribution in [3.63, 3.8) is 0 Å². The van der Waals surface area contributed by atoms with Gasteiger partial charge in [0.15, 0.2) is 0 Å². The monoisotopic (exact) mass is 759 g/mol. The molecule has 1 heterocycles. The van der Waals surface area contributed by atoms with Gasteiger partial charge in [-0.15, -0.1) is 0 Å². The maximum atomic E-state index is 6.71. The Morgan fingerprint density at radius 2 is 0.754 bits per heavy atom. The van der Waals surface area contributed by atoms with Crippen molar-refractivity contribution in [2.75, 3.05) is 0 Å². The maximum absolute atomic E-state index is 6.71. The van der Waals surface area contributed by atoms with Crippen LogP contribution in [0.2, 0.25) is 0 Å². The van der Waals surface area contributed by atoms with E-state index in [4.69, 9.17) is 9.31 Å². The van der Waals surface area contributed by atoms with Crippen molar-refractivity contribution in [3.05, 3.63) is 112 Å². The van der Waals surface area contributed by atoms with E-state index in [-0.39, 0.29) is 0 Å². The molecule has 0 atom stereocenters. The molecule has 1 aliphatic heterocycles. The van der Waals surface area contributed by atoms with Crippen LogP contribution in [-0.2, 0) is 9.31 Å². The predicted molar refractivity (Wildman–Crippen MR) is 250 cm³/mol. The van der Waals surface area contributed by atoms with Gasteiger partial charge in [-0.2, -0.15) is 0 Å². The van der Waals surface area contributed by atoms with E-state index in [1.165, 1.54) is 88.0 Å². The molecule has 0 saturated carbocycles. The molecule has 2 nitrogen and oxygen atoms in total. The van der Waals surface area contributed by atoms with Crippen LogP contribution in [0.5, 0.6) is 0 Å². The molecule has 298 valence electrons. The van der Waals surface area contributed by atoms with Crippen LogP contribution >= 0.6 is 0 Å². The standard InChI is InChI=1S/C54H67BO2/c1-30(2)36-23-42(32(5)6)51(43(24-36)33(7)8)49-28-48-41-22-21-38(55-56-53(13,14)54(15,16)57-55)27-46(41)50(29-47(48)39-19-17-18-20-40(39)49)52-44(34(9)10)25-37(31(3)4)26-45(52)35(11)12/h17-35H,1-16H3. The number of fused-ring (bicyclic) bond motifs is 5. The van der Waals surface area contributed by atoms with Crippen LogP contribution in [0, 0.1) is 0 Å². The highest BCUT2D eigenvalue weighted by Crippen LogP contribution is 2.48. The minimum absolute atomic E-state index is 0.352. The second-order valence-corrected chi connectivity index (χ2v) is 20.0. The van der Waals surface area contributed by atoms with Crippen LogP contribution in [0.15, 0.2) is 78.9 Å². The Bertz CT molecular complexity index is 2420. The van der Waals surface area contributed by atoms with Crippen molar-refractivity contribution in [1.29, 1.82) is 0 Å². The summed E-state index contributed by atoms with van der Waals surface area (Å²) >= 11 is 0. The van der Waals surface area contributed by atoms with Gasteiger partial charge in [0.25, 0.3) is 0 Å². The molecule has 0 unspecified atom stereocenters. The highest BCUT2D eigenvalue weighted by molar-refractivity contribution is 6.62. The van der Waals surface area contributed by atoms with Crippen molar-refractivity contribution in [2.24, 2.45) is 0 Å². The molecule has 0 N–H and O–H groups in total. The Labute approximate surface area is 344 Å². The zero-order valence-corrected chi connectivity index (χ0v) is 37.9. The van der Waals surface area contributed by atoms with Gasteiger partial charge in [-0.3, -0.25) is 0 Å². The van der Waals surface area contributed by atoms with Crippen LogP contribution in [0.3, 0.4) is 0 Å². The fourth-order valence-corrected chi connectivity index (χ4v) is 9.09. The molecule has 3 heteroatoms. The Balaban J connectivity index is 1.66. The Hall–Kier alpha value is -3.92. The number of hydrogen-bond donors (Lipinski definition) is 0. The third kappa shape index (κ3) is 7.16. The first kappa shape index (κ1) is 41.3. The van der Waals surface area contributed by atoms with Gasteiger partial charge in [0.2, 0.25) is 0 Å². The van der Waals surface area contributed by atoms with E-state index in [2.05, 4.69) is 190 Å². The Morgan fingerprint density at radius 3 is 1.14 bits per heavy atom. The van der Waals surface area contributed by atoms with Gasteiger partial charge in [0.1, 0.15) is 0 Å². The van der Waals surface area contributed by atoms with E-state index in [1.807, 2.05) is 0 Å². The third-order valence-corrected chi connectivity index (χ3v) is 13.3. The van der Waals surface area contributed by atoms with E-state index in [1.54, 1.807) is 0 Å². The van der Waals surface area contributed by atoms with Crippen molar-refractivity contribution in [3.8, 4) is 22.3 Å². The SMILES string of the molecule is CC(C)c1cc(C(C)C)c(-c2cc3c4ccc(B5OC(C)(C)C(C)(C)O5)cc4c(-c4c(C(C)C)cc(C(C)C)cc4C(C)C)cc3c3ccccc23)c(C(C)C)c1. The molecule has 0 aromatic heterocycles. The van der Waals surface area contributed by atoms with E-state index in [9.17, 15) is 0 Å². The van der Waals surface area contributed by atoms with Crippen molar-refractivity contribution in [1.82, 2.24) is 0 Å². The molecule has 0 bridgehead atoms. The van der Waals surface area contributed by atoms with E-state index < -0.39 is 18.3 Å². The molecule has 7 rings (SSSR count). The average molecular weight is 759 g/mol. The molecule has 0 amide bonds. The van der Waals surface area contributed by atoms with Crippen LogP contribution < -0.4 is 5.46 Å². The minimum Gasteiger partial charge on any atom is -0.399 e. The molecule has 0 radical (unpaired) electrons. The molecular formula is C54H67BO2. The van der Waals surface area contributed by atoms with Gasteiger partial charge in [0, 0.05) is 0 Å². The van der Waals surface area contributed by atoms with Gasteiger partial charge in [0.05, 0.1) is 11.2 Å². The first-order valence-corrected chi connectivity index (χ1v) is 21.9. The molecule has 6 aromatic rings. The largest absolute Gasteiger partial charge is 0.494 e. The number of benzene rings is 6. The summed E-state index contributed by atoms with van der Waals surface area (Å²) < 4.78 is 13.4. The fourth-order valence-electron chi connectivity index (χ4n) is 9.09. The van der Waals surface area contributed by atoms with E-state index in [0.29, 0.717) is 35.5 Å². The fraction of sp³-hybridized carbons (Fsp3) is 0.444. The highest BCUT2D eigenvalue weighted by atomic mass is 16.7. The maximum Gasteiger partial charge on any atom is 0.494 e. The number of rotatable bonds is 9. The van der Waals surface area contributed by atoms with Gasteiger partial charge in [-0.25, -0.2) is 0 Å². The zero-order valence-electron chi connectivity index (χ0n) is 37.9. The van der Waals surface area contributed by atoms with E-state index in [0.717, 1.165) is 5.46 Å².